The molecule has 1 aromatic rings. The van der Waals surface area contributed by atoms with E-state index in [1.165, 1.54) is 12.1 Å². The number of hydrogen-bond donors (Lipinski definition) is 2. The summed E-state index contributed by atoms with van der Waals surface area (Å²) in [6.07, 6.45) is 1.75. The second-order valence-electron chi connectivity index (χ2n) is 6.51. The number of aliphatic hydroxyl groups is 1. The van der Waals surface area contributed by atoms with Crippen LogP contribution < -0.4 is 5.73 Å². The molecule has 0 atom stereocenters. The lowest BCUT2D eigenvalue weighted by Gasteiger charge is -2.32. The summed E-state index contributed by atoms with van der Waals surface area (Å²) in [7, 11) is -0.634. The van der Waals surface area contributed by atoms with Crippen molar-refractivity contribution in [3.05, 3.63) is 40.6 Å². The highest BCUT2D eigenvalue weighted by atomic mass is 19.1. The quantitative estimate of drug-likeness (QED) is 0.838. The molecule has 6 heteroatoms. The Morgan fingerprint density at radius 2 is 1.86 bits per heavy atom. The summed E-state index contributed by atoms with van der Waals surface area (Å²) in [5.41, 5.74) is 6.70. The maximum atomic E-state index is 13.3. The van der Waals surface area contributed by atoms with Gasteiger partial charge in [0.25, 0.3) is 0 Å². The van der Waals surface area contributed by atoms with Crippen LogP contribution in [0.1, 0.15) is 38.8 Å². The summed E-state index contributed by atoms with van der Waals surface area (Å²) in [6.45, 7) is 7.80. The minimum atomic E-state index is -0.634. The SMILES string of the molecule is CC1(C)OB(C(=Cc2ccc(F)cc2CN)CO)OC1(C)C. The third-order valence-corrected chi connectivity index (χ3v) is 4.40. The second-order valence-corrected chi connectivity index (χ2v) is 6.51. The van der Waals surface area contributed by atoms with Gasteiger partial charge in [-0.25, -0.2) is 4.39 Å². The van der Waals surface area contributed by atoms with Crippen LogP contribution in [-0.4, -0.2) is 30.0 Å². The summed E-state index contributed by atoms with van der Waals surface area (Å²) in [4.78, 5) is 0. The smallest absolute Gasteiger partial charge is 0.400 e. The van der Waals surface area contributed by atoms with Crippen LogP contribution in [0.15, 0.2) is 23.7 Å². The zero-order chi connectivity index (χ0) is 16.5. The molecule has 0 radical (unpaired) electrons. The average molecular weight is 307 g/mol. The second kappa shape index (κ2) is 6.12. The molecule has 1 aliphatic rings. The molecule has 0 amide bonds. The normalized spacial score (nSPS) is 20.5. The maximum Gasteiger partial charge on any atom is 0.492 e. The van der Waals surface area contributed by atoms with Crippen molar-refractivity contribution in [2.24, 2.45) is 5.73 Å². The van der Waals surface area contributed by atoms with Gasteiger partial charge in [-0.3, -0.25) is 0 Å². The molecule has 0 unspecified atom stereocenters. The van der Waals surface area contributed by atoms with Gasteiger partial charge in [0.2, 0.25) is 0 Å². The zero-order valence-electron chi connectivity index (χ0n) is 13.5. The van der Waals surface area contributed by atoms with Gasteiger partial charge in [-0.15, -0.1) is 0 Å². The third-order valence-electron chi connectivity index (χ3n) is 4.40. The van der Waals surface area contributed by atoms with Crippen LogP contribution in [0.2, 0.25) is 0 Å². The van der Waals surface area contributed by atoms with Crippen molar-refractivity contribution in [1.29, 1.82) is 0 Å². The van der Waals surface area contributed by atoms with E-state index in [-0.39, 0.29) is 19.0 Å². The minimum Gasteiger partial charge on any atom is -0.400 e. The van der Waals surface area contributed by atoms with Crippen LogP contribution in [0.25, 0.3) is 6.08 Å². The molecule has 0 aliphatic carbocycles. The van der Waals surface area contributed by atoms with Crippen LogP contribution in [0.4, 0.5) is 4.39 Å². The molecule has 0 aromatic heterocycles. The number of aliphatic hydroxyl groups excluding tert-OH is 1. The summed E-state index contributed by atoms with van der Waals surface area (Å²) in [5.74, 6) is -0.334. The molecule has 1 fully saturated rings. The highest BCUT2D eigenvalue weighted by Crippen LogP contribution is 2.38. The van der Waals surface area contributed by atoms with Gasteiger partial charge in [0.1, 0.15) is 5.82 Å². The number of rotatable bonds is 4. The lowest BCUT2D eigenvalue weighted by atomic mass is 9.77. The lowest BCUT2D eigenvalue weighted by molar-refractivity contribution is 0.00578. The number of halogens is 1. The van der Waals surface area contributed by atoms with Crippen LogP contribution in [-0.2, 0) is 15.9 Å². The van der Waals surface area contributed by atoms with Crippen LogP contribution >= 0.6 is 0 Å². The number of nitrogens with two attached hydrogens (primary N) is 1. The van der Waals surface area contributed by atoms with Gasteiger partial charge in [0.15, 0.2) is 0 Å². The molecule has 120 valence electrons. The summed E-state index contributed by atoms with van der Waals surface area (Å²) >= 11 is 0. The zero-order valence-corrected chi connectivity index (χ0v) is 13.5. The maximum absolute atomic E-state index is 13.3. The van der Waals surface area contributed by atoms with Gasteiger partial charge in [-0.05, 0) is 56.4 Å². The van der Waals surface area contributed by atoms with E-state index in [1.807, 2.05) is 27.7 Å². The third kappa shape index (κ3) is 3.25. The van der Waals surface area contributed by atoms with Crippen molar-refractivity contribution in [3.63, 3.8) is 0 Å². The van der Waals surface area contributed by atoms with E-state index in [2.05, 4.69) is 0 Å². The van der Waals surface area contributed by atoms with Gasteiger partial charge in [0, 0.05) is 6.54 Å². The van der Waals surface area contributed by atoms with Crippen molar-refractivity contribution in [1.82, 2.24) is 0 Å². The predicted molar refractivity (Wildman–Crippen MR) is 85.4 cm³/mol. The first-order valence-electron chi connectivity index (χ1n) is 7.35. The van der Waals surface area contributed by atoms with Crippen molar-refractivity contribution in [2.75, 3.05) is 6.61 Å². The highest BCUT2D eigenvalue weighted by Gasteiger charge is 2.52. The Balaban J connectivity index is 2.34. The van der Waals surface area contributed by atoms with Gasteiger partial charge in [0.05, 0.1) is 17.8 Å². The fourth-order valence-corrected chi connectivity index (χ4v) is 2.27. The Morgan fingerprint density at radius 1 is 1.27 bits per heavy atom. The Morgan fingerprint density at radius 3 is 2.36 bits per heavy atom. The van der Waals surface area contributed by atoms with Gasteiger partial charge < -0.3 is 20.1 Å². The lowest BCUT2D eigenvalue weighted by Crippen LogP contribution is -2.41. The van der Waals surface area contributed by atoms with Crippen molar-refractivity contribution in [3.8, 4) is 0 Å². The van der Waals surface area contributed by atoms with E-state index in [4.69, 9.17) is 15.0 Å². The summed E-state index contributed by atoms with van der Waals surface area (Å²) < 4.78 is 25.1. The van der Waals surface area contributed by atoms with Gasteiger partial charge in [-0.1, -0.05) is 12.1 Å². The Kier molecular flexibility index (Phi) is 4.77. The Labute approximate surface area is 131 Å². The standard InChI is InChI=1S/C16H23BFNO3/c1-15(2)16(3,4)22-17(21-15)13(10-20)7-11-5-6-14(18)8-12(11)9-19/h5-8,20H,9-10,19H2,1-4H3. The molecule has 4 nitrogen and oxygen atoms in total. The molecule has 0 bridgehead atoms. The molecule has 1 aromatic carbocycles. The van der Waals surface area contributed by atoms with E-state index >= 15 is 0 Å². The molecule has 0 saturated carbocycles. The molecule has 1 heterocycles. The number of hydrogen-bond acceptors (Lipinski definition) is 4. The molecule has 0 spiro atoms. The van der Waals surface area contributed by atoms with Crippen LogP contribution in [0.5, 0.6) is 0 Å². The molecule has 2 rings (SSSR count). The average Bonchev–Trinajstić information content (AvgIpc) is 2.65. The molecule has 22 heavy (non-hydrogen) atoms. The highest BCUT2D eigenvalue weighted by molar-refractivity contribution is 6.55. The molecular weight excluding hydrogens is 284 g/mol. The van der Waals surface area contributed by atoms with E-state index in [0.29, 0.717) is 11.0 Å². The monoisotopic (exact) mass is 307 g/mol. The first-order chi connectivity index (χ1) is 10.2. The Hall–Kier alpha value is -1.21. The van der Waals surface area contributed by atoms with Crippen LogP contribution in [0.3, 0.4) is 0 Å². The van der Waals surface area contributed by atoms with E-state index in [9.17, 15) is 9.50 Å². The van der Waals surface area contributed by atoms with E-state index in [1.54, 1.807) is 12.1 Å². The fourth-order valence-electron chi connectivity index (χ4n) is 2.27. The largest absolute Gasteiger partial charge is 0.492 e. The minimum absolute atomic E-state index is 0.210. The number of benzene rings is 1. The van der Waals surface area contributed by atoms with Gasteiger partial charge >= 0.3 is 7.12 Å². The molecule has 3 N–H and O–H groups in total. The predicted octanol–water partition coefficient (Wildman–Crippen LogP) is 2.29. The summed E-state index contributed by atoms with van der Waals surface area (Å²) in [5, 5.41) is 9.67. The van der Waals surface area contributed by atoms with E-state index in [0.717, 1.165) is 5.56 Å². The summed E-state index contributed by atoms with van der Waals surface area (Å²) in [6, 6.07) is 4.40. The molecule has 1 saturated heterocycles. The van der Waals surface area contributed by atoms with Crippen molar-refractivity contribution < 1.29 is 18.8 Å². The molecule has 1 aliphatic heterocycles. The first kappa shape index (κ1) is 17.2. The topological polar surface area (TPSA) is 64.7 Å². The van der Waals surface area contributed by atoms with Crippen LogP contribution in [0, 0.1) is 5.82 Å². The Bertz CT molecular complexity index is 571. The first-order valence-corrected chi connectivity index (χ1v) is 7.35. The van der Waals surface area contributed by atoms with Crippen molar-refractivity contribution >= 4 is 13.2 Å². The van der Waals surface area contributed by atoms with E-state index < -0.39 is 18.3 Å². The molecular formula is C16H23BFNO3. The van der Waals surface area contributed by atoms with Crippen molar-refractivity contribution in [2.45, 2.75) is 45.4 Å². The fraction of sp³-hybridized carbons (Fsp3) is 0.500. The van der Waals surface area contributed by atoms with Gasteiger partial charge in [-0.2, -0.15) is 0 Å².